The number of hydrogen-bond acceptors (Lipinski definition) is 9. The Labute approximate surface area is 307 Å². The summed E-state index contributed by atoms with van der Waals surface area (Å²) in [6.07, 6.45) is 3.15. The molecule has 3 aromatic carbocycles. The number of rotatable bonds is 10. The van der Waals surface area contributed by atoms with Gasteiger partial charge >= 0.3 is 5.97 Å². The summed E-state index contributed by atoms with van der Waals surface area (Å²) < 4.78 is 6.30. The molecule has 1 saturated carbocycles. The summed E-state index contributed by atoms with van der Waals surface area (Å²) in [5.74, 6) is 0.594. The van der Waals surface area contributed by atoms with Gasteiger partial charge in [0.1, 0.15) is 16.6 Å². The first-order valence-electron chi connectivity index (χ1n) is 17.9. The molecule has 52 heavy (non-hydrogen) atoms. The molecule has 0 unspecified atom stereocenters. The molecular formula is C41H42N6O4S. The Kier molecular flexibility index (Phi) is 8.73. The molecule has 11 heteroatoms. The fourth-order valence-electron chi connectivity index (χ4n) is 7.79. The number of likely N-dealkylation sites (tertiary alicyclic amines) is 1. The highest BCUT2D eigenvalue weighted by molar-refractivity contribution is 7.15. The molecule has 0 bridgehead atoms. The van der Waals surface area contributed by atoms with Gasteiger partial charge in [-0.15, -0.1) is 11.3 Å². The molecule has 1 amide bonds. The molecule has 5 aromatic rings. The summed E-state index contributed by atoms with van der Waals surface area (Å²) in [5, 5.41) is 20.7. The van der Waals surface area contributed by atoms with Gasteiger partial charge in [0.2, 0.25) is 11.8 Å². The summed E-state index contributed by atoms with van der Waals surface area (Å²) in [4.78, 5) is 42.1. The van der Waals surface area contributed by atoms with Gasteiger partial charge in [-0.1, -0.05) is 30.3 Å². The first-order valence-corrected chi connectivity index (χ1v) is 18.8. The second-order valence-electron chi connectivity index (χ2n) is 15.2. The van der Waals surface area contributed by atoms with E-state index in [4.69, 9.17) is 14.4 Å². The van der Waals surface area contributed by atoms with Crippen molar-refractivity contribution in [2.24, 2.45) is 11.3 Å². The number of fused-ring (bicyclic) bond motifs is 2. The van der Waals surface area contributed by atoms with Gasteiger partial charge in [0.25, 0.3) is 0 Å². The van der Waals surface area contributed by atoms with Crippen LogP contribution in [0.2, 0.25) is 0 Å². The van der Waals surface area contributed by atoms with E-state index in [1.165, 1.54) is 12.8 Å². The Hall–Kier alpha value is -4.89. The minimum absolute atomic E-state index is 0.166. The van der Waals surface area contributed by atoms with E-state index < -0.39 is 11.4 Å². The highest BCUT2D eigenvalue weighted by atomic mass is 32.1. The van der Waals surface area contributed by atoms with Gasteiger partial charge in [-0.2, -0.15) is 5.26 Å². The molecule has 8 rings (SSSR count). The van der Waals surface area contributed by atoms with Crippen LogP contribution in [0.15, 0.2) is 52.9 Å². The molecule has 0 radical (unpaired) electrons. The third-order valence-electron chi connectivity index (χ3n) is 11.0. The Morgan fingerprint density at radius 1 is 1.06 bits per heavy atom. The third kappa shape index (κ3) is 6.40. The van der Waals surface area contributed by atoms with Crippen molar-refractivity contribution in [1.29, 1.82) is 5.26 Å². The Morgan fingerprint density at radius 3 is 2.44 bits per heavy atom. The number of likely N-dealkylation sites (N-methyl/N-ethyl adjacent to an activating group) is 1. The van der Waals surface area contributed by atoms with Crippen LogP contribution in [0.1, 0.15) is 59.0 Å². The van der Waals surface area contributed by atoms with Gasteiger partial charge in [-0.05, 0) is 106 Å². The summed E-state index contributed by atoms with van der Waals surface area (Å²) in [6, 6.07) is 18.5. The molecule has 3 aliphatic rings. The number of aliphatic carboxylic acids is 1. The molecule has 2 aliphatic heterocycles. The first kappa shape index (κ1) is 34.2. The van der Waals surface area contributed by atoms with E-state index in [0.29, 0.717) is 68.2 Å². The van der Waals surface area contributed by atoms with Gasteiger partial charge in [0, 0.05) is 35.6 Å². The lowest BCUT2D eigenvalue weighted by Gasteiger charge is -2.21. The van der Waals surface area contributed by atoms with Crippen molar-refractivity contribution in [1.82, 2.24) is 24.7 Å². The van der Waals surface area contributed by atoms with Crippen molar-refractivity contribution in [2.45, 2.75) is 59.7 Å². The zero-order valence-corrected chi connectivity index (χ0v) is 30.8. The van der Waals surface area contributed by atoms with Gasteiger partial charge < -0.3 is 14.4 Å². The predicted octanol–water partition coefficient (Wildman–Crippen LogP) is 7.25. The maximum atomic E-state index is 13.0. The molecular weight excluding hydrogens is 673 g/mol. The first-order chi connectivity index (χ1) is 25.0. The monoisotopic (exact) mass is 714 g/mol. The predicted molar refractivity (Wildman–Crippen MR) is 200 cm³/mol. The van der Waals surface area contributed by atoms with Crippen molar-refractivity contribution < 1.29 is 19.1 Å². The molecule has 266 valence electrons. The second kappa shape index (κ2) is 13.3. The SMILES string of the molecule is Cc1c(-c2nc3cc(CN4CC[C@@](C)(C(=O)O)C4)cc(C#N)c3o2)cccc1-c1cccc(-c2nc3c(s2)CN(C(=O)CN(C)CC2CC2)C3)c1C. The van der Waals surface area contributed by atoms with Gasteiger partial charge in [0.05, 0.1) is 36.3 Å². The van der Waals surface area contributed by atoms with Crippen LogP contribution in [0.5, 0.6) is 0 Å². The van der Waals surface area contributed by atoms with Crippen molar-refractivity contribution in [3.63, 3.8) is 0 Å². The molecule has 0 spiro atoms. The summed E-state index contributed by atoms with van der Waals surface area (Å²) in [6.45, 7) is 10.3. The van der Waals surface area contributed by atoms with E-state index in [2.05, 4.69) is 54.0 Å². The standard InChI is InChI=1S/C41H42N6O4S/c1-24-29(30-8-6-10-32(25(30)2)39-44-34-20-47(21-35(34)52-39)36(48)22-45(4)18-26-11-12-26)7-5-9-31(24)38-43-33-16-27(15-28(17-42)37(33)51-38)19-46-14-13-41(3,23-46)40(49)50/h5-10,15-16,26H,11-14,18-23H2,1-4H3,(H,49,50)/t41-/m1/s1. The van der Waals surface area contributed by atoms with E-state index in [9.17, 15) is 20.0 Å². The Balaban J connectivity index is 1.03. The Morgan fingerprint density at radius 2 is 1.77 bits per heavy atom. The number of aromatic nitrogens is 2. The molecule has 2 aromatic heterocycles. The van der Waals surface area contributed by atoms with Crippen LogP contribution in [-0.4, -0.2) is 74.9 Å². The van der Waals surface area contributed by atoms with Gasteiger partial charge in [-0.25, -0.2) is 9.97 Å². The molecule has 1 aliphatic carbocycles. The van der Waals surface area contributed by atoms with Crippen molar-refractivity contribution in [3.8, 4) is 39.2 Å². The Bertz CT molecular complexity index is 2260. The van der Waals surface area contributed by atoms with E-state index in [0.717, 1.165) is 67.0 Å². The lowest BCUT2D eigenvalue weighted by atomic mass is 9.90. The van der Waals surface area contributed by atoms with Crippen LogP contribution >= 0.6 is 11.3 Å². The minimum atomic E-state index is -0.779. The number of carbonyl (C=O) groups is 2. The second-order valence-corrected chi connectivity index (χ2v) is 16.3. The average Bonchev–Trinajstić information content (AvgIpc) is 3.41. The summed E-state index contributed by atoms with van der Waals surface area (Å²) in [5.41, 5.74) is 8.83. The summed E-state index contributed by atoms with van der Waals surface area (Å²) >= 11 is 1.68. The maximum absolute atomic E-state index is 13.0. The summed E-state index contributed by atoms with van der Waals surface area (Å²) in [7, 11) is 2.04. The smallest absolute Gasteiger partial charge is 0.310 e. The molecule has 1 atom stereocenters. The molecule has 2 fully saturated rings. The number of carbonyl (C=O) groups excluding carboxylic acids is 1. The largest absolute Gasteiger partial charge is 0.481 e. The highest BCUT2D eigenvalue weighted by Crippen LogP contribution is 2.41. The number of amides is 1. The fraction of sp³-hybridized carbons (Fsp3) is 0.390. The van der Waals surface area contributed by atoms with Crippen LogP contribution in [0.25, 0.3) is 44.3 Å². The molecule has 10 nitrogen and oxygen atoms in total. The fourth-order valence-corrected chi connectivity index (χ4v) is 8.96. The van der Waals surface area contributed by atoms with E-state index in [-0.39, 0.29) is 5.91 Å². The number of hydrogen-bond donors (Lipinski definition) is 1. The lowest BCUT2D eigenvalue weighted by Crippen LogP contribution is -2.36. The molecule has 1 N–H and O–H groups in total. The number of carboxylic acids is 1. The zero-order chi connectivity index (χ0) is 36.3. The number of nitriles is 1. The minimum Gasteiger partial charge on any atom is -0.481 e. The van der Waals surface area contributed by atoms with Crippen LogP contribution in [0.3, 0.4) is 0 Å². The van der Waals surface area contributed by atoms with Crippen LogP contribution in [-0.2, 0) is 29.2 Å². The normalized spacial score (nSPS) is 18.7. The van der Waals surface area contributed by atoms with Crippen molar-refractivity contribution in [2.75, 3.05) is 33.2 Å². The van der Waals surface area contributed by atoms with Crippen LogP contribution < -0.4 is 0 Å². The van der Waals surface area contributed by atoms with Gasteiger partial charge in [-0.3, -0.25) is 19.4 Å². The number of thiazole rings is 1. The highest BCUT2D eigenvalue weighted by Gasteiger charge is 2.40. The average molecular weight is 715 g/mol. The number of benzene rings is 3. The number of carboxylic acid groups (broad SMARTS) is 1. The lowest BCUT2D eigenvalue weighted by molar-refractivity contribution is -0.147. The topological polar surface area (TPSA) is 127 Å². The third-order valence-corrected chi connectivity index (χ3v) is 12.2. The van der Waals surface area contributed by atoms with Gasteiger partial charge in [0.15, 0.2) is 5.58 Å². The molecule has 1 saturated heterocycles. The zero-order valence-electron chi connectivity index (χ0n) is 30.0. The number of oxazole rings is 1. The van der Waals surface area contributed by atoms with Crippen LogP contribution in [0.4, 0.5) is 0 Å². The van der Waals surface area contributed by atoms with Crippen molar-refractivity contribution >= 4 is 34.3 Å². The van der Waals surface area contributed by atoms with Crippen LogP contribution in [0, 0.1) is 36.5 Å². The quantitative estimate of drug-likeness (QED) is 0.159. The van der Waals surface area contributed by atoms with E-state index in [1.807, 2.05) is 36.2 Å². The van der Waals surface area contributed by atoms with E-state index >= 15 is 0 Å². The number of nitrogens with zero attached hydrogens (tertiary/aromatic N) is 6. The molecule has 4 heterocycles. The van der Waals surface area contributed by atoms with Crippen molar-refractivity contribution in [3.05, 3.63) is 81.4 Å². The van der Waals surface area contributed by atoms with E-state index in [1.54, 1.807) is 18.3 Å². The maximum Gasteiger partial charge on any atom is 0.310 e.